The van der Waals surface area contributed by atoms with Gasteiger partial charge >= 0.3 is 5.97 Å². The summed E-state index contributed by atoms with van der Waals surface area (Å²) in [5.41, 5.74) is 6.46. The van der Waals surface area contributed by atoms with Crippen molar-refractivity contribution < 1.29 is 17.9 Å². The zero-order chi connectivity index (χ0) is 15.2. The summed E-state index contributed by atoms with van der Waals surface area (Å²) in [6.07, 6.45) is 0.0000520. The fourth-order valence-electron chi connectivity index (χ4n) is 1.57. The van der Waals surface area contributed by atoms with E-state index in [0.29, 0.717) is 0 Å². The second-order valence-corrected chi connectivity index (χ2v) is 6.08. The van der Waals surface area contributed by atoms with Crippen molar-refractivity contribution >= 4 is 16.0 Å². The number of rotatable bonds is 7. The van der Waals surface area contributed by atoms with E-state index in [4.69, 9.17) is 10.5 Å². The van der Waals surface area contributed by atoms with Gasteiger partial charge in [-0.3, -0.25) is 4.79 Å². The molecule has 0 fully saturated rings. The molecule has 0 aliphatic heterocycles. The van der Waals surface area contributed by atoms with Gasteiger partial charge < -0.3 is 10.5 Å². The molecule has 0 spiro atoms. The molecule has 0 bridgehead atoms. The molecule has 0 aliphatic carbocycles. The maximum atomic E-state index is 12.0. The van der Waals surface area contributed by atoms with Gasteiger partial charge in [0, 0.05) is 12.6 Å². The predicted octanol–water partition coefficient (Wildman–Crippen LogP) is 0.938. The summed E-state index contributed by atoms with van der Waals surface area (Å²) in [7, 11) is -3.64. The Morgan fingerprint density at radius 1 is 1.45 bits per heavy atom. The fourth-order valence-corrected chi connectivity index (χ4v) is 2.66. The van der Waals surface area contributed by atoms with Crippen LogP contribution in [0.2, 0.25) is 0 Å². The molecule has 0 amide bonds. The van der Waals surface area contributed by atoms with Crippen LogP contribution < -0.4 is 10.5 Å². The van der Waals surface area contributed by atoms with Gasteiger partial charge in [0.05, 0.1) is 17.9 Å². The van der Waals surface area contributed by atoms with Crippen molar-refractivity contribution in [3.63, 3.8) is 0 Å². The Kier molecular flexibility index (Phi) is 6.12. The lowest BCUT2D eigenvalue weighted by Crippen LogP contribution is -2.27. The molecule has 1 atom stereocenters. The predicted molar refractivity (Wildman–Crippen MR) is 75.5 cm³/mol. The Balaban J connectivity index is 2.69. The monoisotopic (exact) mass is 300 g/mol. The molecule has 112 valence electrons. The van der Waals surface area contributed by atoms with Crippen LogP contribution in [-0.2, 0) is 19.6 Å². The number of nitrogens with one attached hydrogen (secondary N) is 1. The highest BCUT2D eigenvalue weighted by Crippen LogP contribution is 2.15. The summed E-state index contributed by atoms with van der Waals surface area (Å²) >= 11 is 0. The highest BCUT2D eigenvalue weighted by Gasteiger charge is 2.15. The van der Waals surface area contributed by atoms with Crippen molar-refractivity contribution in [2.75, 3.05) is 13.2 Å². The summed E-state index contributed by atoms with van der Waals surface area (Å²) < 4.78 is 31.2. The Labute approximate surface area is 119 Å². The minimum Gasteiger partial charge on any atom is -0.466 e. The van der Waals surface area contributed by atoms with Crippen LogP contribution in [0.1, 0.15) is 31.9 Å². The molecular weight excluding hydrogens is 280 g/mol. The Hall–Kier alpha value is -1.44. The Morgan fingerprint density at radius 2 is 2.15 bits per heavy atom. The first-order valence-electron chi connectivity index (χ1n) is 6.37. The molecule has 0 saturated carbocycles. The van der Waals surface area contributed by atoms with Crippen LogP contribution >= 0.6 is 0 Å². The van der Waals surface area contributed by atoms with Crippen LogP contribution in [0, 0.1) is 0 Å². The second kappa shape index (κ2) is 7.37. The third-order valence-corrected chi connectivity index (χ3v) is 4.08. The van der Waals surface area contributed by atoms with Crippen molar-refractivity contribution in [3.05, 3.63) is 29.8 Å². The van der Waals surface area contributed by atoms with Crippen molar-refractivity contribution in [2.24, 2.45) is 5.73 Å². The van der Waals surface area contributed by atoms with E-state index in [9.17, 15) is 13.2 Å². The summed E-state index contributed by atoms with van der Waals surface area (Å²) in [6, 6.07) is 6.17. The van der Waals surface area contributed by atoms with Crippen molar-refractivity contribution in [1.82, 2.24) is 4.72 Å². The molecule has 20 heavy (non-hydrogen) atoms. The van der Waals surface area contributed by atoms with Gasteiger partial charge in [-0.05, 0) is 31.5 Å². The lowest BCUT2D eigenvalue weighted by molar-refractivity contribution is -0.142. The van der Waals surface area contributed by atoms with Crippen molar-refractivity contribution in [1.29, 1.82) is 0 Å². The maximum absolute atomic E-state index is 12.0. The molecule has 6 nitrogen and oxygen atoms in total. The van der Waals surface area contributed by atoms with Crippen molar-refractivity contribution in [2.45, 2.75) is 31.2 Å². The SMILES string of the molecule is CCOC(=O)CCNS(=O)(=O)c1cccc(C(C)N)c1. The molecule has 1 aromatic rings. The number of sulfonamides is 1. The van der Waals surface area contributed by atoms with Crippen LogP contribution in [0.5, 0.6) is 0 Å². The summed E-state index contributed by atoms with van der Waals surface area (Å²) in [5, 5.41) is 0. The zero-order valence-corrected chi connectivity index (χ0v) is 12.4. The highest BCUT2D eigenvalue weighted by molar-refractivity contribution is 7.89. The highest BCUT2D eigenvalue weighted by atomic mass is 32.2. The molecule has 0 aliphatic rings. The van der Waals surface area contributed by atoms with Gasteiger partial charge in [-0.15, -0.1) is 0 Å². The second-order valence-electron chi connectivity index (χ2n) is 4.31. The van der Waals surface area contributed by atoms with E-state index >= 15 is 0 Å². The fraction of sp³-hybridized carbons (Fsp3) is 0.462. The van der Waals surface area contributed by atoms with E-state index in [1.54, 1.807) is 26.0 Å². The van der Waals surface area contributed by atoms with Gasteiger partial charge in [-0.25, -0.2) is 13.1 Å². The third-order valence-electron chi connectivity index (χ3n) is 2.62. The smallest absolute Gasteiger partial charge is 0.307 e. The minimum absolute atomic E-state index is 0.0000520. The quantitative estimate of drug-likeness (QED) is 0.730. The largest absolute Gasteiger partial charge is 0.466 e. The lowest BCUT2D eigenvalue weighted by Gasteiger charge is -2.10. The van der Waals surface area contributed by atoms with E-state index in [1.807, 2.05) is 0 Å². The molecule has 0 radical (unpaired) electrons. The average Bonchev–Trinajstić information content (AvgIpc) is 2.39. The third kappa shape index (κ3) is 4.92. The van der Waals surface area contributed by atoms with Crippen LogP contribution in [0.25, 0.3) is 0 Å². The number of carbonyl (C=O) groups excluding carboxylic acids is 1. The van der Waals surface area contributed by atoms with Crippen LogP contribution in [-0.4, -0.2) is 27.5 Å². The zero-order valence-electron chi connectivity index (χ0n) is 11.6. The van der Waals surface area contributed by atoms with E-state index in [0.717, 1.165) is 5.56 Å². The maximum Gasteiger partial charge on any atom is 0.307 e. The Morgan fingerprint density at radius 3 is 2.75 bits per heavy atom. The molecule has 1 unspecified atom stereocenters. The number of esters is 1. The van der Waals surface area contributed by atoms with E-state index in [-0.39, 0.29) is 30.5 Å². The van der Waals surface area contributed by atoms with Gasteiger partial charge in [0.25, 0.3) is 0 Å². The molecule has 3 N–H and O–H groups in total. The van der Waals surface area contributed by atoms with E-state index in [2.05, 4.69) is 4.72 Å². The Bertz CT molecular complexity index is 555. The van der Waals surface area contributed by atoms with Crippen molar-refractivity contribution in [3.8, 4) is 0 Å². The summed E-state index contributed by atoms with van der Waals surface area (Å²) in [6.45, 7) is 3.76. The number of hydrogen-bond acceptors (Lipinski definition) is 5. The standard InChI is InChI=1S/C13H20N2O4S/c1-3-19-13(16)7-8-15-20(17,18)12-6-4-5-11(9-12)10(2)14/h4-6,9-10,15H,3,7-8,14H2,1-2H3. The average molecular weight is 300 g/mol. The van der Waals surface area contributed by atoms with Crippen LogP contribution in [0.15, 0.2) is 29.2 Å². The van der Waals surface area contributed by atoms with Gasteiger partial charge in [-0.2, -0.15) is 0 Å². The first-order valence-corrected chi connectivity index (χ1v) is 7.86. The number of nitrogens with two attached hydrogens (primary N) is 1. The molecular formula is C13H20N2O4S. The number of benzene rings is 1. The number of hydrogen-bond donors (Lipinski definition) is 2. The lowest BCUT2D eigenvalue weighted by atomic mass is 10.1. The summed E-state index contributed by atoms with van der Waals surface area (Å²) in [4.78, 5) is 11.3. The van der Waals surface area contributed by atoms with Gasteiger partial charge in [-0.1, -0.05) is 12.1 Å². The van der Waals surface area contributed by atoms with E-state index < -0.39 is 16.0 Å². The molecule has 0 aromatic heterocycles. The topological polar surface area (TPSA) is 98.5 Å². The first-order chi connectivity index (χ1) is 9.36. The number of carbonyl (C=O) groups is 1. The van der Waals surface area contributed by atoms with Crippen LogP contribution in [0.3, 0.4) is 0 Å². The number of ether oxygens (including phenoxy) is 1. The minimum atomic E-state index is -3.64. The van der Waals surface area contributed by atoms with Gasteiger partial charge in [0.1, 0.15) is 0 Å². The molecule has 7 heteroatoms. The molecule has 1 rings (SSSR count). The van der Waals surface area contributed by atoms with Gasteiger partial charge in [0.2, 0.25) is 10.0 Å². The molecule has 0 saturated heterocycles. The summed E-state index contributed by atoms with van der Waals surface area (Å²) in [5.74, 6) is -0.431. The molecule has 0 heterocycles. The normalized spacial score (nSPS) is 12.9. The first kappa shape index (κ1) is 16.6. The van der Waals surface area contributed by atoms with E-state index in [1.165, 1.54) is 12.1 Å². The van der Waals surface area contributed by atoms with Gasteiger partial charge in [0.15, 0.2) is 0 Å². The van der Waals surface area contributed by atoms with Crippen LogP contribution in [0.4, 0.5) is 0 Å². The molecule has 1 aromatic carbocycles.